The zero-order chi connectivity index (χ0) is 16.7. The van der Waals surface area contributed by atoms with Gasteiger partial charge in [-0.25, -0.2) is 18.6 Å². The molecule has 1 aliphatic rings. The highest BCUT2D eigenvalue weighted by molar-refractivity contribution is 5.86. The van der Waals surface area contributed by atoms with Gasteiger partial charge in [0.1, 0.15) is 5.75 Å². The lowest BCUT2D eigenvalue weighted by Crippen LogP contribution is -2.56. The molecule has 0 spiro atoms. The molecule has 0 aromatic carbocycles. The minimum Gasteiger partial charge on any atom is -0.479 e. The molecule has 1 fully saturated rings. The van der Waals surface area contributed by atoms with Gasteiger partial charge >= 0.3 is 12.1 Å². The smallest absolute Gasteiger partial charge is 0.425 e. The van der Waals surface area contributed by atoms with Gasteiger partial charge in [0.25, 0.3) is 5.92 Å². The van der Waals surface area contributed by atoms with Crippen LogP contribution in [0, 0.1) is 0 Å². The normalized spacial score (nSPS) is 18.5. The summed E-state index contributed by atoms with van der Waals surface area (Å²) in [6.45, 7) is -0.662. The van der Waals surface area contributed by atoms with Crippen LogP contribution in [0.1, 0.15) is 17.4 Å². The van der Waals surface area contributed by atoms with Gasteiger partial charge in [0.15, 0.2) is 11.8 Å². The van der Waals surface area contributed by atoms with E-state index < -0.39 is 48.7 Å². The summed E-state index contributed by atoms with van der Waals surface area (Å²) in [5.41, 5.74) is -0.646. The van der Waals surface area contributed by atoms with E-state index in [9.17, 15) is 26.7 Å². The van der Waals surface area contributed by atoms with Crippen molar-refractivity contribution in [3.8, 4) is 5.75 Å². The molecule has 1 saturated heterocycles. The second kappa shape index (κ2) is 5.25. The Morgan fingerprint density at radius 3 is 2.50 bits per heavy atom. The minimum atomic E-state index is -4.68. The van der Waals surface area contributed by atoms with Crippen molar-refractivity contribution in [2.45, 2.75) is 25.1 Å². The molecule has 10 heteroatoms. The van der Waals surface area contributed by atoms with Gasteiger partial charge in [0.05, 0.1) is 25.0 Å². The highest BCUT2D eigenvalue weighted by Crippen LogP contribution is 2.38. The molecule has 1 aliphatic heterocycles. The van der Waals surface area contributed by atoms with E-state index in [0.29, 0.717) is 0 Å². The molecule has 0 aliphatic carbocycles. The van der Waals surface area contributed by atoms with Crippen molar-refractivity contribution in [2.75, 3.05) is 18.0 Å². The first-order valence-electron chi connectivity index (χ1n) is 6.09. The highest BCUT2D eigenvalue weighted by atomic mass is 19.4. The molecule has 22 heavy (non-hydrogen) atoms. The Balaban J connectivity index is 2.31. The number of pyridine rings is 1. The summed E-state index contributed by atoms with van der Waals surface area (Å²) in [5, 5.41) is 8.81. The van der Waals surface area contributed by atoms with Crippen LogP contribution in [0.15, 0.2) is 12.3 Å². The summed E-state index contributed by atoms with van der Waals surface area (Å²) in [7, 11) is 0. The lowest BCUT2D eigenvalue weighted by molar-refractivity contribution is -0.189. The molecule has 1 atom stereocenters. The van der Waals surface area contributed by atoms with Crippen LogP contribution in [0.25, 0.3) is 0 Å². The number of anilines is 1. The van der Waals surface area contributed by atoms with Crippen LogP contribution in [-0.2, 0) is 0 Å². The van der Waals surface area contributed by atoms with E-state index in [4.69, 9.17) is 9.84 Å². The molecule has 0 radical (unpaired) electrons. The summed E-state index contributed by atoms with van der Waals surface area (Å²) in [4.78, 5) is 15.4. The Morgan fingerprint density at radius 1 is 1.45 bits per heavy atom. The molecule has 0 amide bonds. The number of carboxylic acids is 1. The molecule has 1 aromatic heterocycles. The maximum Gasteiger partial charge on any atom is 0.425 e. The molecule has 2 rings (SSSR count). The van der Waals surface area contributed by atoms with Crippen LogP contribution in [0.3, 0.4) is 0 Å². The van der Waals surface area contributed by atoms with E-state index >= 15 is 0 Å². The molecular weight excluding hydrogens is 315 g/mol. The van der Waals surface area contributed by atoms with Crippen molar-refractivity contribution < 1.29 is 36.6 Å². The fourth-order valence-electron chi connectivity index (χ4n) is 1.82. The third-order valence-corrected chi connectivity index (χ3v) is 3.02. The lowest BCUT2D eigenvalue weighted by Gasteiger charge is -2.41. The number of nitrogens with zero attached hydrogens (tertiary/aromatic N) is 2. The highest BCUT2D eigenvalue weighted by Gasteiger charge is 2.45. The molecule has 1 N–H and O–H groups in total. The first-order valence-corrected chi connectivity index (χ1v) is 6.09. The summed E-state index contributed by atoms with van der Waals surface area (Å²) < 4.78 is 68.2. The number of aromatic nitrogens is 1. The number of carbonyl (C=O) groups is 1. The van der Waals surface area contributed by atoms with Crippen LogP contribution in [0.2, 0.25) is 0 Å². The van der Waals surface area contributed by atoms with Crippen LogP contribution in [-0.4, -0.2) is 47.4 Å². The Bertz CT molecular complexity index is 583. The van der Waals surface area contributed by atoms with Crippen molar-refractivity contribution >= 4 is 11.7 Å². The molecule has 1 unspecified atom stereocenters. The van der Waals surface area contributed by atoms with E-state index in [0.717, 1.165) is 24.1 Å². The number of hydrogen-bond donors (Lipinski definition) is 1. The predicted molar refractivity (Wildman–Crippen MR) is 64.5 cm³/mol. The van der Waals surface area contributed by atoms with Crippen LogP contribution < -0.4 is 9.64 Å². The molecule has 2 heterocycles. The van der Waals surface area contributed by atoms with Gasteiger partial charge in [-0.15, -0.1) is 0 Å². The summed E-state index contributed by atoms with van der Waals surface area (Å²) in [5.74, 6) is -4.86. The first-order chi connectivity index (χ1) is 9.99. The van der Waals surface area contributed by atoms with Crippen molar-refractivity contribution in [1.29, 1.82) is 0 Å². The van der Waals surface area contributed by atoms with E-state index in [1.54, 1.807) is 0 Å². The summed E-state index contributed by atoms with van der Waals surface area (Å²) >= 11 is 0. The minimum absolute atomic E-state index is 0.105. The van der Waals surface area contributed by atoms with E-state index in [1.807, 2.05) is 0 Å². The van der Waals surface area contributed by atoms with Gasteiger partial charge < -0.3 is 14.7 Å². The van der Waals surface area contributed by atoms with Gasteiger partial charge in [-0.3, -0.25) is 0 Å². The Morgan fingerprint density at radius 2 is 2.05 bits per heavy atom. The monoisotopic (exact) mass is 326 g/mol. The topological polar surface area (TPSA) is 62.7 Å². The van der Waals surface area contributed by atoms with Crippen molar-refractivity contribution in [2.24, 2.45) is 0 Å². The summed E-state index contributed by atoms with van der Waals surface area (Å²) in [6, 6.07) is 0.788. The molecule has 5 nitrogen and oxygen atoms in total. The number of alkyl halides is 5. The first kappa shape index (κ1) is 16.2. The largest absolute Gasteiger partial charge is 0.479 e. The van der Waals surface area contributed by atoms with Gasteiger partial charge in [-0.1, -0.05) is 0 Å². The summed E-state index contributed by atoms with van der Waals surface area (Å²) in [6.07, 6.45) is -5.99. The number of rotatable bonds is 4. The number of carboxylic acid groups (broad SMARTS) is 1. The average molecular weight is 326 g/mol. The number of halogens is 5. The van der Waals surface area contributed by atoms with Gasteiger partial charge in [-0.05, 0) is 6.92 Å². The van der Waals surface area contributed by atoms with E-state index in [1.165, 1.54) is 0 Å². The maximum atomic E-state index is 12.9. The van der Waals surface area contributed by atoms with Crippen molar-refractivity contribution in [3.63, 3.8) is 0 Å². The molecule has 1 aromatic rings. The average Bonchev–Trinajstić information content (AvgIpc) is 2.34. The predicted octanol–water partition coefficient (Wildman–Crippen LogP) is 2.56. The Kier molecular flexibility index (Phi) is 3.88. The van der Waals surface area contributed by atoms with Crippen LogP contribution in [0.4, 0.5) is 27.6 Å². The van der Waals surface area contributed by atoms with E-state index in [-0.39, 0.29) is 5.69 Å². The SMILES string of the molecule is CC(Oc1cc(C(=O)O)ncc1N1CC(F)(F)C1)C(F)(F)F. The van der Waals surface area contributed by atoms with Gasteiger partial charge in [-0.2, -0.15) is 13.2 Å². The second-order valence-electron chi connectivity index (χ2n) is 4.86. The zero-order valence-electron chi connectivity index (χ0n) is 11.2. The molecule has 0 bridgehead atoms. The maximum absolute atomic E-state index is 12.9. The number of ether oxygens (including phenoxy) is 1. The van der Waals surface area contributed by atoms with Crippen molar-refractivity contribution in [1.82, 2.24) is 4.98 Å². The standard InChI is InChI=1S/C12H11F5N2O3/c1-6(12(15,16)17)22-9-2-7(10(20)21)18-3-8(9)19-4-11(13,14)5-19/h2-3,6H,4-5H2,1H3,(H,20,21). The molecule has 0 saturated carbocycles. The molecule has 122 valence electrons. The lowest BCUT2D eigenvalue weighted by atomic mass is 10.1. The van der Waals surface area contributed by atoms with Crippen LogP contribution in [0.5, 0.6) is 5.75 Å². The fourth-order valence-corrected chi connectivity index (χ4v) is 1.82. The Labute approximate surface area is 121 Å². The number of aromatic carboxylic acids is 1. The zero-order valence-corrected chi connectivity index (χ0v) is 11.2. The van der Waals surface area contributed by atoms with Crippen LogP contribution >= 0.6 is 0 Å². The third-order valence-electron chi connectivity index (χ3n) is 3.02. The van der Waals surface area contributed by atoms with Gasteiger partial charge in [0.2, 0.25) is 0 Å². The van der Waals surface area contributed by atoms with Crippen molar-refractivity contribution in [3.05, 3.63) is 18.0 Å². The molecular formula is C12H11F5N2O3. The third kappa shape index (κ3) is 3.37. The quantitative estimate of drug-likeness (QED) is 0.862. The number of hydrogen-bond acceptors (Lipinski definition) is 4. The van der Waals surface area contributed by atoms with E-state index in [2.05, 4.69) is 4.98 Å². The fraction of sp³-hybridized carbons (Fsp3) is 0.500. The Hall–Kier alpha value is -2.13. The second-order valence-corrected chi connectivity index (χ2v) is 4.86. The van der Waals surface area contributed by atoms with Gasteiger partial charge in [0, 0.05) is 6.07 Å².